The molecule has 6 heteroatoms. The number of nitrogens with zero attached hydrogens (tertiary/aromatic N) is 2. The van der Waals surface area contributed by atoms with Gasteiger partial charge in [0.2, 0.25) is 0 Å². The van der Waals surface area contributed by atoms with Gasteiger partial charge in [-0.25, -0.2) is 10.4 Å². The van der Waals surface area contributed by atoms with Gasteiger partial charge in [-0.2, -0.15) is 5.10 Å². The molecule has 0 fully saturated rings. The Morgan fingerprint density at radius 1 is 1.03 bits per heavy atom. The minimum Gasteiger partial charge on any atom is -0.496 e. The zero-order chi connectivity index (χ0) is 20.9. The van der Waals surface area contributed by atoms with Crippen molar-refractivity contribution in [3.05, 3.63) is 95.0 Å². The summed E-state index contributed by atoms with van der Waals surface area (Å²) in [6.45, 7) is 0. The van der Waals surface area contributed by atoms with Crippen molar-refractivity contribution in [3.63, 3.8) is 0 Å². The first-order valence-electron chi connectivity index (χ1n) is 9.28. The number of rotatable bonds is 5. The van der Waals surface area contributed by atoms with Crippen LogP contribution in [0, 0.1) is 0 Å². The van der Waals surface area contributed by atoms with E-state index in [1.54, 1.807) is 31.5 Å². The molecule has 0 aliphatic heterocycles. The summed E-state index contributed by atoms with van der Waals surface area (Å²) in [5, 5.41) is 5.50. The lowest BCUT2D eigenvalue weighted by atomic mass is 10.0. The predicted octanol–water partition coefficient (Wildman–Crippen LogP) is 5.33. The summed E-state index contributed by atoms with van der Waals surface area (Å²) in [4.78, 5) is 17.6. The molecule has 0 unspecified atom stereocenters. The van der Waals surface area contributed by atoms with Crippen molar-refractivity contribution in [1.82, 2.24) is 10.4 Å². The molecule has 148 valence electrons. The third-order valence-corrected chi connectivity index (χ3v) is 4.86. The number of hydrazone groups is 1. The summed E-state index contributed by atoms with van der Waals surface area (Å²) < 4.78 is 5.30. The van der Waals surface area contributed by atoms with Gasteiger partial charge in [0.15, 0.2) is 0 Å². The number of hydrogen-bond acceptors (Lipinski definition) is 4. The number of hydrogen-bond donors (Lipinski definition) is 1. The van der Waals surface area contributed by atoms with E-state index in [9.17, 15) is 4.79 Å². The van der Waals surface area contributed by atoms with Crippen LogP contribution in [0.25, 0.3) is 22.2 Å². The second-order valence-electron chi connectivity index (χ2n) is 6.52. The van der Waals surface area contributed by atoms with Gasteiger partial charge in [-0.3, -0.25) is 4.79 Å². The summed E-state index contributed by atoms with van der Waals surface area (Å²) in [5.74, 6) is 0.352. The first-order chi connectivity index (χ1) is 14.7. The number of aromatic nitrogens is 1. The molecule has 0 saturated heterocycles. The van der Waals surface area contributed by atoms with Gasteiger partial charge in [-0.05, 0) is 36.4 Å². The number of nitrogens with one attached hydrogen (secondary N) is 1. The van der Waals surface area contributed by atoms with Crippen molar-refractivity contribution in [2.75, 3.05) is 7.11 Å². The zero-order valence-corrected chi connectivity index (χ0v) is 16.9. The molecule has 30 heavy (non-hydrogen) atoms. The van der Waals surface area contributed by atoms with E-state index in [4.69, 9.17) is 21.3 Å². The van der Waals surface area contributed by atoms with Gasteiger partial charge < -0.3 is 4.74 Å². The van der Waals surface area contributed by atoms with Gasteiger partial charge in [0, 0.05) is 21.5 Å². The molecule has 5 nitrogen and oxygen atoms in total. The Morgan fingerprint density at radius 3 is 2.57 bits per heavy atom. The molecule has 0 saturated carbocycles. The van der Waals surface area contributed by atoms with Gasteiger partial charge in [0.25, 0.3) is 5.91 Å². The first-order valence-corrected chi connectivity index (χ1v) is 9.65. The number of amides is 1. The van der Waals surface area contributed by atoms with Gasteiger partial charge in [-0.1, -0.05) is 54.1 Å². The molecule has 4 aromatic rings. The van der Waals surface area contributed by atoms with Crippen LogP contribution in [-0.2, 0) is 0 Å². The first kappa shape index (κ1) is 19.6. The molecule has 0 aliphatic rings. The molecule has 1 N–H and O–H groups in total. The van der Waals surface area contributed by atoms with Crippen molar-refractivity contribution in [2.24, 2.45) is 5.10 Å². The Balaban J connectivity index is 1.67. The molecule has 0 bridgehead atoms. The number of halogens is 1. The summed E-state index contributed by atoms with van der Waals surface area (Å²) in [6, 6.07) is 24.1. The van der Waals surface area contributed by atoms with Gasteiger partial charge >= 0.3 is 0 Å². The summed E-state index contributed by atoms with van der Waals surface area (Å²) in [5.41, 5.74) is 6.14. The highest BCUT2D eigenvalue weighted by Gasteiger charge is 2.13. The number of carbonyl (C=O) groups is 1. The Morgan fingerprint density at radius 2 is 1.77 bits per heavy atom. The fraction of sp³-hybridized carbons (Fsp3) is 0.0417. The molecule has 0 radical (unpaired) electrons. The Bertz CT molecular complexity index is 1240. The second-order valence-corrected chi connectivity index (χ2v) is 6.96. The van der Waals surface area contributed by atoms with E-state index in [0.29, 0.717) is 22.0 Å². The van der Waals surface area contributed by atoms with E-state index in [1.807, 2.05) is 60.7 Å². The van der Waals surface area contributed by atoms with Crippen molar-refractivity contribution >= 4 is 34.6 Å². The Hall–Kier alpha value is -3.70. The molecular weight excluding hydrogens is 398 g/mol. The molecule has 4 rings (SSSR count). The summed E-state index contributed by atoms with van der Waals surface area (Å²) in [7, 11) is 1.59. The van der Waals surface area contributed by atoms with Crippen LogP contribution in [0.15, 0.2) is 84.0 Å². The van der Waals surface area contributed by atoms with Crippen molar-refractivity contribution < 1.29 is 9.53 Å². The van der Waals surface area contributed by atoms with Crippen LogP contribution in [0.4, 0.5) is 0 Å². The SMILES string of the molecule is COc1ccccc1/C=N\NC(=O)c1cc(-c2ccc(Cl)cc2)nc2ccccc12. The molecular formula is C24H18ClN3O2. The third kappa shape index (κ3) is 4.16. The van der Waals surface area contributed by atoms with Crippen molar-refractivity contribution in [2.45, 2.75) is 0 Å². The fourth-order valence-electron chi connectivity index (χ4n) is 3.13. The monoisotopic (exact) mass is 415 g/mol. The number of fused-ring (bicyclic) bond motifs is 1. The van der Waals surface area contributed by atoms with Crippen LogP contribution in [0.5, 0.6) is 5.75 Å². The van der Waals surface area contributed by atoms with Crippen LogP contribution in [0.2, 0.25) is 5.02 Å². The molecule has 0 atom stereocenters. The average molecular weight is 416 g/mol. The highest BCUT2D eigenvalue weighted by molar-refractivity contribution is 6.30. The number of pyridine rings is 1. The summed E-state index contributed by atoms with van der Waals surface area (Å²) >= 11 is 6.00. The maximum Gasteiger partial charge on any atom is 0.272 e. The number of para-hydroxylation sites is 2. The smallest absolute Gasteiger partial charge is 0.272 e. The molecule has 1 amide bonds. The number of benzene rings is 3. The predicted molar refractivity (Wildman–Crippen MR) is 120 cm³/mol. The summed E-state index contributed by atoms with van der Waals surface area (Å²) in [6.07, 6.45) is 1.56. The van der Waals surface area contributed by atoms with Crippen LogP contribution in [-0.4, -0.2) is 24.2 Å². The van der Waals surface area contributed by atoms with Crippen LogP contribution in [0.1, 0.15) is 15.9 Å². The molecule has 1 aromatic heterocycles. The minimum atomic E-state index is -0.324. The number of methoxy groups -OCH3 is 1. The maximum atomic E-state index is 12.9. The van der Waals surface area contributed by atoms with Crippen LogP contribution < -0.4 is 10.2 Å². The largest absolute Gasteiger partial charge is 0.496 e. The van der Waals surface area contributed by atoms with E-state index >= 15 is 0 Å². The normalized spacial score (nSPS) is 11.0. The van der Waals surface area contributed by atoms with Gasteiger partial charge in [0.05, 0.1) is 30.1 Å². The quantitative estimate of drug-likeness (QED) is 0.354. The molecule has 3 aromatic carbocycles. The van der Waals surface area contributed by atoms with Gasteiger partial charge in [0.1, 0.15) is 5.75 Å². The molecule has 0 aliphatic carbocycles. The molecule has 0 spiro atoms. The average Bonchev–Trinajstić information content (AvgIpc) is 2.79. The van der Waals surface area contributed by atoms with E-state index in [2.05, 4.69) is 10.5 Å². The van der Waals surface area contributed by atoms with Crippen molar-refractivity contribution in [1.29, 1.82) is 0 Å². The van der Waals surface area contributed by atoms with E-state index in [-0.39, 0.29) is 5.91 Å². The number of ether oxygens (including phenoxy) is 1. The van der Waals surface area contributed by atoms with Gasteiger partial charge in [-0.15, -0.1) is 0 Å². The Labute approximate surface area is 179 Å². The lowest BCUT2D eigenvalue weighted by molar-refractivity contribution is 0.0956. The number of carbonyl (C=O) groups excluding carboxylic acids is 1. The third-order valence-electron chi connectivity index (χ3n) is 4.61. The highest BCUT2D eigenvalue weighted by Crippen LogP contribution is 2.26. The van der Waals surface area contributed by atoms with E-state index < -0.39 is 0 Å². The lowest BCUT2D eigenvalue weighted by Crippen LogP contribution is -2.18. The topological polar surface area (TPSA) is 63.6 Å². The standard InChI is InChI=1S/C24H18ClN3O2/c1-30-23-9-5-2-6-17(23)15-26-28-24(29)20-14-22(16-10-12-18(25)13-11-16)27-21-8-4-3-7-19(20)21/h2-15H,1H3,(H,28,29)/b26-15-. The van der Waals surface area contributed by atoms with Crippen LogP contribution >= 0.6 is 11.6 Å². The van der Waals surface area contributed by atoms with Crippen molar-refractivity contribution in [3.8, 4) is 17.0 Å². The highest BCUT2D eigenvalue weighted by atomic mass is 35.5. The Kier molecular flexibility index (Phi) is 5.72. The van der Waals surface area contributed by atoms with E-state index in [1.165, 1.54) is 0 Å². The van der Waals surface area contributed by atoms with E-state index in [0.717, 1.165) is 22.0 Å². The zero-order valence-electron chi connectivity index (χ0n) is 16.2. The molecule has 1 heterocycles. The second kappa shape index (κ2) is 8.76. The fourth-order valence-corrected chi connectivity index (χ4v) is 3.25. The maximum absolute atomic E-state index is 12.9. The lowest BCUT2D eigenvalue weighted by Gasteiger charge is -2.09. The van der Waals surface area contributed by atoms with Crippen LogP contribution in [0.3, 0.4) is 0 Å². The minimum absolute atomic E-state index is 0.324.